The van der Waals surface area contributed by atoms with Crippen molar-refractivity contribution in [3.63, 3.8) is 0 Å². The van der Waals surface area contributed by atoms with E-state index in [2.05, 4.69) is 33.8 Å². The van der Waals surface area contributed by atoms with Crippen LogP contribution in [-0.2, 0) is 4.79 Å². The second-order valence-electron chi connectivity index (χ2n) is 7.61. The number of carbonyl (C=O) groups excluding carboxylic acids is 1. The minimum atomic E-state index is -0.592. The SMILES string of the molecule is Cc1ccc(NC(=S)C2C(=O)NC(N3CCC(C)CC3)NC2N)c(C)c1. The molecule has 5 N–H and O–H groups in total. The Morgan fingerprint density at radius 3 is 2.62 bits per heavy atom. The maximum atomic E-state index is 12.7. The van der Waals surface area contributed by atoms with Crippen LogP contribution in [-0.4, -0.2) is 41.3 Å². The van der Waals surface area contributed by atoms with Gasteiger partial charge >= 0.3 is 0 Å². The molecule has 0 radical (unpaired) electrons. The van der Waals surface area contributed by atoms with Crippen LogP contribution >= 0.6 is 12.2 Å². The summed E-state index contributed by atoms with van der Waals surface area (Å²) in [6.45, 7) is 8.25. The summed E-state index contributed by atoms with van der Waals surface area (Å²) in [6.07, 6.45) is 1.54. The average Bonchev–Trinajstić information content (AvgIpc) is 2.57. The van der Waals surface area contributed by atoms with E-state index >= 15 is 0 Å². The molecular weight excluding hydrogens is 346 g/mol. The molecule has 3 rings (SSSR count). The number of amides is 1. The zero-order valence-corrected chi connectivity index (χ0v) is 16.5. The van der Waals surface area contributed by atoms with Crippen LogP contribution in [0, 0.1) is 25.7 Å². The predicted octanol–water partition coefficient (Wildman–Crippen LogP) is 1.68. The zero-order chi connectivity index (χ0) is 18.8. The van der Waals surface area contributed by atoms with E-state index in [0.717, 1.165) is 43.1 Å². The van der Waals surface area contributed by atoms with Crippen LogP contribution < -0.4 is 21.7 Å². The van der Waals surface area contributed by atoms with Crippen LogP contribution in [0.4, 0.5) is 5.69 Å². The summed E-state index contributed by atoms with van der Waals surface area (Å²) < 4.78 is 0. The Morgan fingerprint density at radius 2 is 2.00 bits per heavy atom. The number of carbonyl (C=O) groups is 1. The lowest BCUT2D eigenvalue weighted by Crippen LogP contribution is -2.71. The summed E-state index contributed by atoms with van der Waals surface area (Å²) in [6, 6.07) is 6.08. The fourth-order valence-corrected chi connectivity index (χ4v) is 4.00. The molecule has 1 amide bonds. The van der Waals surface area contributed by atoms with E-state index in [1.54, 1.807) is 0 Å². The van der Waals surface area contributed by atoms with Gasteiger partial charge < -0.3 is 16.4 Å². The molecule has 0 aromatic heterocycles. The van der Waals surface area contributed by atoms with Crippen molar-refractivity contribution in [3.8, 4) is 0 Å². The van der Waals surface area contributed by atoms with E-state index in [-0.39, 0.29) is 12.2 Å². The first-order chi connectivity index (χ1) is 12.3. The Bertz CT molecular complexity index is 687. The van der Waals surface area contributed by atoms with Crippen LogP contribution in [0.3, 0.4) is 0 Å². The molecule has 1 aromatic carbocycles. The number of rotatable bonds is 3. The normalized spacial score (nSPS) is 27.8. The van der Waals surface area contributed by atoms with Crippen molar-refractivity contribution in [2.75, 3.05) is 18.4 Å². The average molecular weight is 376 g/mol. The van der Waals surface area contributed by atoms with Gasteiger partial charge in [-0.2, -0.15) is 0 Å². The van der Waals surface area contributed by atoms with Gasteiger partial charge in [0.2, 0.25) is 5.91 Å². The van der Waals surface area contributed by atoms with Crippen molar-refractivity contribution < 1.29 is 4.79 Å². The van der Waals surface area contributed by atoms with Crippen LogP contribution in [0.25, 0.3) is 0 Å². The number of hydrogen-bond acceptors (Lipinski definition) is 5. The Hall–Kier alpha value is -1.54. The maximum Gasteiger partial charge on any atom is 0.235 e. The molecule has 3 atom stereocenters. The first kappa shape index (κ1) is 19.2. The van der Waals surface area contributed by atoms with Gasteiger partial charge in [0.25, 0.3) is 0 Å². The van der Waals surface area contributed by atoms with Crippen molar-refractivity contribution >= 4 is 28.8 Å². The summed E-state index contributed by atoms with van der Waals surface area (Å²) in [5, 5.41) is 9.56. The van der Waals surface area contributed by atoms with Crippen LogP contribution in [0.1, 0.15) is 30.9 Å². The molecule has 7 heteroatoms. The number of anilines is 1. The minimum absolute atomic E-state index is 0.123. The summed E-state index contributed by atoms with van der Waals surface area (Å²) in [7, 11) is 0. The predicted molar refractivity (Wildman–Crippen MR) is 109 cm³/mol. The quantitative estimate of drug-likeness (QED) is 0.602. The molecule has 2 aliphatic heterocycles. The molecule has 2 fully saturated rings. The van der Waals surface area contributed by atoms with Crippen molar-refractivity contribution in [2.45, 2.75) is 46.1 Å². The third-order valence-electron chi connectivity index (χ3n) is 5.38. The van der Waals surface area contributed by atoms with Gasteiger partial charge in [-0.1, -0.05) is 36.8 Å². The molecule has 0 aliphatic carbocycles. The van der Waals surface area contributed by atoms with Gasteiger partial charge in [-0.15, -0.1) is 0 Å². The van der Waals surface area contributed by atoms with Gasteiger partial charge in [0.1, 0.15) is 12.2 Å². The van der Waals surface area contributed by atoms with Crippen molar-refractivity contribution in [2.24, 2.45) is 17.6 Å². The van der Waals surface area contributed by atoms with Gasteiger partial charge in [0, 0.05) is 18.8 Å². The van der Waals surface area contributed by atoms with Gasteiger partial charge in [0.15, 0.2) is 0 Å². The molecule has 26 heavy (non-hydrogen) atoms. The monoisotopic (exact) mass is 375 g/mol. The van der Waals surface area contributed by atoms with Gasteiger partial charge in [-0.05, 0) is 44.2 Å². The van der Waals surface area contributed by atoms with Crippen LogP contribution in [0.5, 0.6) is 0 Å². The number of likely N-dealkylation sites (tertiary alicyclic amines) is 1. The Kier molecular flexibility index (Phi) is 5.92. The molecule has 2 aliphatic rings. The third-order valence-corrected chi connectivity index (χ3v) is 5.73. The lowest BCUT2D eigenvalue weighted by molar-refractivity contribution is -0.129. The second-order valence-corrected chi connectivity index (χ2v) is 8.05. The van der Waals surface area contributed by atoms with Crippen LogP contribution in [0.2, 0.25) is 0 Å². The summed E-state index contributed by atoms with van der Waals surface area (Å²) in [5.41, 5.74) is 9.47. The maximum absolute atomic E-state index is 12.7. The number of benzene rings is 1. The molecule has 0 saturated carbocycles. The highest BCUT2D eigenvalue weighted by Crippen LogP contribution is 2.21. The van der Waals surface area contributed by atoms with Crippen molar-refractivity contribution in [1.82, 2.24) is 15.5 Å². The van der Waals surface area contributed by atoms with E-state index < -0.39 is 12.1 Å². The standard InChI is InChI=1S/C19H29N5OS/c1-11-6-8-24(9-7-11)19-22-16(20)15(17(25)23-19)18(26)21-14-5-4-12(2)10-13(14)3/h4-5,10-11,15-16,19,22H,6-9,20H2,1-3H3,(H,21,26)(H,23,25). The number of nitrogens with one attached hydrogen (secondary N) is 3. The topological polar surface area (TPSA) is 82.4 Å². The van der Waals surface area contributed by atoms with Gasteiger partial charge in [0.05, 0.1) is 11.2 Å². The first-order valence-electron chi connectivity index (χ1n) is 9.29. The Labute approximate surface area is 160 Å². The number of thiocarbonyl (C=S) groups is 1. The molecule has 0 bridgehead atoms. The molecule has 142 valence electrons. The van der Waals surface area contributed by atoms with Gasteiger partial charge in [-0.3, -0.25) is 15.0 Å². The molecule has 6 nitrogen and oxygen atoms in total. The summed E-state index contributed by atoms with van der Waals surface area (Å²) >= 11 is 5.51. The summed E-state index contributed by atoms with van der Waals surface area (Å²) in [5.74, 6) is 0.0225. The highest BCUT2D eigenvalue weighted by molar-refractivity contribution is 7.80. The number of nitrogens with zero attached hydrogens (tertiary/aromatic N) is 1. The number of hydrogen-bond donors (Lipinski definition) is 4. The number of aryl methyl sites for hydroxylation is 2. The molecule has 1 aromatic rings. The fourth-order valence-electron chi connectivity index (χ4n) is 3.64. The molecule has 3 unspecified atom stereocenters. The van der Waals surface area contributed by atoms with E-state index in [0.29, 0.717) is 4.99 Å². The zero-order valence-electron chi connectivity index (χ0n) is 15.7. The van der Waals surface area contributed by atoms with Gasteiger partial charge in [-0.25, -0.2) is 0 Å². The first-order valence-corrected chi connectivity index (χ1v) is 9.70. The number of piperidine rings is 1. The van der Waals surface area contributed by atoms with E-state index in [9.17, 15) is 4.79 Å². The minimum Gasteiger partial charge on any atom is -0.349 e. The molecule has 2 heterocycles. The fraction of sp³-hybridized carbons (Fsp3) is 0.579. The second kappa shape index (κ2) is 8.00. The Morgan fingerprint density at radius 1 is 1.31 bits per heavy atom. The largest absolute Gasteiger partial charge is 0.349 e. The lowest BCUT2D eigenvalue weighted by Gasteiger charge is -2.43. The molecular formula is C19H29N5OS. The highest BCUT2D eigenvalue weighted by Gasteiger charge is 2.39. The summed E-state index contributed by atoms with van der Waals surface area (Å²) in [4.78, 5) is 15.4. The smallest absolute Gasteiger partial charge is 0.235 e. The molecule has 2 saturated heterocycles. The highest BCUT2D eigenvalue weighted by atomic mass is 32.1. The van der Waals surface area contributed by atoms with E-state index in [1.807, 2.05) is 26.0 Å². The van der Waals surface area contributed by atoms with Crippen molar-refractivity contribution in [1.29, 1.82) is 0 Å². The lowest BCUT2D eigenvalue weighted by atomic mass is 9.98. The van der Waals surface area contributed by atoms with Crippen LogP contribution in [0.15, 0.2) is 18.2 Å². The van der Waals surface area contributed by atoms with Crippen molar-refractivity contribution in [3.05, 3.63) is 29.3 Å². The van der Waals surface area contributed by atoms with E-state index in [1.165, 1.54) is 5.56 Å². The third kappa shape index (κ3) is 4.23. The number of nitrogens with two attached hydrogens (primary N) is 1. The Balaban J connectivity index is 1.64. The van der Waals surface area contributed by atoms with E-state index in [4.69, 9.17) is 18.0 Å². The molecule has 0 spiro atoms.